The lowest BCUT2D eigenvalue weighted by Gasteiger charge is -1.98. The molecule has 2 aromatic carbocycles. The molecule has 0 saturated heterocycles. The van der Waals surface area contributed by atoms with E-state index < -0.39 is 0 Å². The molecule has 0 aliphatic rings. The second-order valence-corrected chi connectivity index (χ2v) is 3.66. The minimum absolute atomic E-state index is 0.512. The summed E-state index contributed by atoms with van der Waals surface area (Å²) in [6.07, 6.45) is 2.54. The van der Waals surface area contributed by atoms with Crippen molar-refractivity contribution >= 4 is 6.21 Å². The first-order chi connectivity index (χ1) is 8.45. The van der Waals surface area contributed by atoms with Gasteiger partial charge in [-0.1, -0.05) is 59.8 Å². The summed E-state index contributed by atoms with van der Waals surface area (Å²) >= 11 is 0. The van der Waals surface area contributed by atoms with Crippen LogP contribution in [-0.2, 0) is 17.9 Å². The smallest absolute Gasteiger partial charge is 0.142 e. The number of benzene rings is 2. The average molecular weight is 224 g/mol. The molecule has 0 heterocycles. The minimum atomic E-state index is 0.512. The lowest BCUT2D eigenvalue weighted by molar-refractivity contribution is 0.131. The third-order valence-electron chi connectivity index (χ3n) is 2.32. The summed E-state index contributed by atoms with van der Waals surface area (Å²) in [5.41, 5.74) is 2.30. The van der Waals surface area contributed by atoms with E-state index in [1.165, 1.54) is 5.56 Å². The van der Waals surface area contributed by atoms with Gasteiger partial charge in [0.05, 0.1) is 0 Å². The number of hydrogen-bond donors (Lipinski definition) is 0. The van der Waals surface area contributed by atoms with Crippen molar-refractivity contribution in [1.29, 1.82) is 0 Å². The van der Waals surface area contributed by atoms with E-state index in [0.717, 1.165) is 12.0 Å². The summed E-state index contributed by atoms with van der Waals surface area (Å²) in [6.45, 7) is 0.512. The molecule has 17 heavy (non-hydrogen) atoms. The van der Waals surface area contributed by atoms with Crippen LogP contribution in [0.25, 0.3) is 0 Å². The molecule has 0 atom stereocenters. The van der Waals surface area contributed by atoms with E-state index >= 15 is 0 Å². The summed E-state index contributed by atoms with van der Waals surface area (Å²) in [6, 6.07) is 20.9. The first-order valence-corrected chi connectivity index (χ1v) is 5.58. The van der Waals surface area contributed by atoms with Gasteiger partial charge in [-0.2, -0.15) is 0 Å². The highest BCUT2D eigenvalue weighted by Gasteiger charge is 1.90. The van der Waals surface area contributed by atoms with Crippen LogP contribution in [0, 0.1) is 6.07 Å². The summed E-state index contributed by atoms with van der Waals surface area (Å²) in [7, 11) is 0. The van der Waals surface area contributed by atoms with Crippen LogP contribution in [0.15, 0.2) is 59.8 Å². The topological polar surface area (TPSA) is 21.6 Å². The molecule has 0 aromatic heterocycles. The Bertz CT molecular complexity index is 451. The van der Waals surface area contributed by atoms with Crippen LogP contribution in [-0.4, -0.2) is 6.21 Å². The summed E-state index contributed by atoms with van der Waals surface area (Å²) in [4.78, 5) is 5.20. The van der Waals surface area contributed by atoms with Gasteiger partial charge in [0.2, 0.25) is 0 Å². The van der Waals surface area contributed by atoms with Gasteiger partial charge in [0.25, 0.3) is 0 Å². The van der Waals surface area contributed by atoms with Crippen molar-refractivity contribution in [3.63, 3.8) is 0 Å². The lowest BCUT2D eigenvalue weighted by atomic mass is 10.2. The first-order valence-electron chi connectivity index (χ1n) is 5.58. The van der Waals surface area contributed by atoms with Gasteiger partial charge in [0.1, 0.15) is 6.61 Å². The van der Waals surface area contributed by atoms with Gasteiger partial charge in [0.15, 0.2) is 0 Å². The van der Waals surface area contributed by atoms with E-state index in [-0.39, 0.29) is 0 Å². The summed E-state index contributed by atoms with van der Waals surface area (Å²) in [5.74, 6) is 0. The maximum absolute atomic E-state index is 5.20. The Hall–Kier alpha value is -2.09. The molecule has 0 fully saturated rings. The van der Waals surface area contributed by atoms with E-state index in [1.807, 2.05) is 54.6 Å². The standard InChI is InChI=1S/C15H14NO/c1-3-7-14(8-4-1)11-12-16-17-13-15-9-5-2-6-10-15/h1-3,5-10,12H,11,13H2. The molecule has 2 heteroatoms. The van der Waals surface area contributed by atoms with Crippen molar-refractivity contribution in [2.45, 2.75) is 13.0 Å². The van der Waals surface area contributed by atoms with Crippen molar-refractivity contribution in [1.82, 2.24) is 0 Å². The molecular formula is C15H14NO. The van der Waals surface area contributed by atoms with Gasteiger partial charge in [-0.25, -0.2) is 0 Å². The monoisotopic (exact) mass is 224 g/mol. The van der Waals surface area contributed by atoms with Crippen molar-refractivity contribution in [3.05, 3.63) is 71.8 Å². The van der Waals surface area contributed by atoms with Gasteiger partial charge in [-0.15, -0.1) is 0 Å². The van der Waals surface area contributed by atoms with Gasteiger partial charge in [-0.05, 0) is 17.2 Å². The fourth-order valence-electron chi connectivity index (χ4n) is 1.44. The Morgan fingerprint density at radius 2 is 1.88 bits per heavy atom. The van der Waals surface area contributed by atoms with E-state index in [9.17, 15) is 0 Å². The lowest BCUT2D eigenvalue weighted by Crippen LogP contribution is -1.89. The number of oxime groups is 1. The van der Waals surface area contributed by atoms with E-state index in [4.69, 9.17) is 4.84 Å². The Balaban J connectivity index is 1.72. The molecule has 2 rings (SSSR count). The van der Waals surface area contributed by atoms with Crippen LogP contribution in [0.1, 0.15) is 11.1 Å². The molecule has 0 unspecified atom stereocenters. The first kappa shape index (κ1) is 11.4. The van der Waals surface area contributed by atoms with Gasteiger partial charge in [-0.3, -0.25) is 0 Å². The Morgan fingerprint density at radius 3 is 2.65 bits per heavy atom. The highest BCUT2D eigenvalue weighted by Crippen LogP contribution is 2.01. The zero-order chi connectivity index (χ0) is 11.8. The predicted octanol–water partition coefficient (Wildman–Crippen LogP) is 3.23. The predicted molar refractivity (Wildman–Crippen MR) is 68.7 cm³/mol. The van der Waals surface area contributed by atoms with Crippen LogP contribution in [0.3, 0.4) is 0 Å². The highest BCUT2D eigenvalue weighted by molar-refractivity contribution is 5.60. The van der Waals surface area contributed by atoms with Crippen LogP contribution < -0.4 is 0 Å². The number of nitrogens with zero attached hydrogens (tertiary/aromatic N) is 1. The van der Waals surface area contributed by atoms with Crippen LogP contribution in [0.2, 0.25) is 0 Å². The fraction of sp³-hybridized carbons (Fsp3) is 0.133. The van der Waals surface area contributed by atoms with Crippen molar-refractivity contribution < 1.29 is 4.84 Å². The second-order valence-electron chi connectivity index (χ2n) is 3.66. The van der Waals surface area contributed by atoms with Crippen LogP contribution >= 0.6 is 0 Å². The maximum Gasteiger partial charge on any atom is 0.142 e. The Labute approximate surface area is 102 Å². The highest BCUT2D eigenvalue weighted by atomic mass is 16.6. The van der Waals surface area contributed by atoms with Crippen LogP contribution in [0.4, 0.5) is 0 Å². The maximum atomic E-state index is 5.20. The molecule has 85 valence electrons. The number of rotatable bonds is 5. The Kier molecular flexibility index (Phi) is 4.35. The SMILES string of the molecule is [c]1cccc(CC=NOCc2ccccc2)c1. The van der Waals surface area contributed by atoms with Gasteiger partial charge < -0.3 is 4.84 Å². The van der Waals surface area contributed by atoms with Crippen molar-refractivity contribution in [2.75, 3.05) is 0 Å². The molecule has 0 N–H and O–H groups in total. The molecule has 0 aliphatic heterocycles. The van der Waals surface area contributed by atoms with Gasteiger partial charge in [0, 0.05) is 12.6 Å². The normalized spacial score (nSPS) is 10.6. The average Bonchev–Trinajstić information content (AvgIpc) is 2.41. The minimum Gasteiger partial charge on any atom is -0.391 e. The molecule has 0 aliphatic carbocycles. The Morgan fingerprint density at radius 1 is 1.06 bits per heavy atom. The third kappa shape index (κ3) is 4.11. The molecule has 2 aromatic rings. The fourth-order valence-corrected chi connectivity index (χ4v) is 1.44. The number of hydrogen-bond acceptors (Lipinski definition) is 2. The van der Waals surface area contributed by atoms with Crippen molar-refractivity contribution in [3.8, 4) is 0 Å². The molecule has 0 bridgehead atoms. The van der Waals surface area contributed by atoms with E-state index in [0.29, 0.717) is 6.61 Å². The van der Waals surface area contributed by atoms with E-state index in [2.05, 4.69) is 11.2 Å². The zero-order valence-corrected chi connectivity index (χ0v) is 9.54. The largest absolute Gasteiger partial charge is 0.391 e. The molecule has 0 saturated carbocycles. The molecule has 1 radical (unpaired) electrons. The zero-order valence-electron chi connectivity index (χ0n) is 9.54. The second kappa shape index (κ2) is 6.48. The van der Waals surface area contributed by atoms with Crippen molar-refractivity contribution in [2.24, 2.45) is 5.16 Å². The molecule has 0 amide bonds. The molecule has 0 spiro atoms. The van der Waals surface area contributed by atoms with E-state index in [1.54, 1.807) is 6.21 Å². The third-order valence-corrected chi connectivity index (χ3v) is 2.32. The quantitative estimate of drug-likeness (QED) is 0.564. The molecular weight excluding hydrogens is 210 g/mol. The summed E-state index contributed by atoms with van der Waals surface area (Å²) < 4.78 is 0. The summed E-state index contributed by atoms with van der Waals surface area (Å²) in [5, 5.41) is 3.92. The van der Waals surface area contributed by atoms with Gasteiger partial charge >= 0.3 is 0 Å². The van der Waals surface area contributed by atoms with Crippen LogP contribution in [0.5, 0.6) is 0 Å². The molecule has 2 nitrogen and oxygen atoms in total.